The molecule has 1 aliphatic rings. The van der Waals surface area contributed by atoms with Gasteiger partial charge in [0.1, 0.15) is 5.82 Å². The summed E-state index contributed by atoms with van der Waals surface area (Å²) >= 11 is 0. The molecular formula is C26H20FN5O. The number of aryl methyl sites for hydroxylation is 1. The van der Waals surface area contributed by atoms with E-state index in [1.807, 2.05) is 36.1 Å². The molecule has 6 nitrogen and oxygen atoms in total. The van der Waals surface area contributed by atoms with Crippen LogP contribution in [0.15, 0.2) is 66.4 Å². The van der Waals surface area contributed by atoms with Crippen molar-refractivity contribution in [3.63, 3.8) is 0 Å². The first-order chi connectivity index (χ1) is 15.9. The summed E-state index contributed by atoms with van der Waals surface area (Å²) in [5, 5.41) is 15.0. The van der Waals surface area contributed by atoms with E-state index in [2.05, 4.69) is 17.2 Å². The third kappa shape index (κ3) is 3.62. The number of nitriles is 1. The molecule has 0 unspecified atom stereocenters. The maximum absolute atomic E-state index is 13.2. The highest BCUT2D eigenvalue weighted by Gasteiger charge is 2.32. The van der Waals surface area contributed by atoms with Crippen LogP contribution in [0, 0.1) is 17.1 Å². The van der Waals surface area contributed by atoms with Crippen LogP contribution in [0.25, 0.3) is 28.1 Å². The third-order valence-corrected chi connectivity index (χ3v) is 5.97. The Morgan fingerprint density at radius 3 is 2.76 bits per heavy atom. The fraction of sp³-hybridized carbons (Fsp3) is 0.115. The van der Waals surface area contributed by atoms with Gasteiger partial charge in [0.05, 0.1) is 29.9 Å². The zero-order valence-corrected chi connectivity index (χ0v) is 17.9. The lowest BCUT2D eigenvalue weighted by Crippen LogP contribution is -2.26. The number of nitrogens with two attached hydrogens (primary N) is 1. The zero-order chi connectivity index (χ0) is 23.1. The van der Waals surface area contributed by atoms with Crippen molar-refractivity contribution in [2.45, 2.75) is 6.54 Å². The molecule has 1 amide bonds. The van der Waals surface area contributed by atoms with Crippen LogP contribution in [0.1, 0.15) is 21.5 Å². The van der Waals surface area contributed by atoms with Gasteiger partial charge >= 0.3 is 0 Å². The monoisotopic (exact) mass is 437 g/mol. The first-order valence-corrected chi connectivity index (χ1v) is 10.4. The van der Waals surface area contributed by atoms with Crippen LogP contribution >= 0.6 is 0 Å². The highest BCUT2D eigenvalue weighted by Crippen LogP contribution is 2.37. The second kappa shape index (κ2) is 7.92. The fourth-order valence-electron chi connectivity index (χ4n) is 4.29. The first kappa shape index (κ1) is 20.5. The van der Waals surface area contributed by atoms with E-state index >= 15 is 0 Å². The smallest absolute Gasteiger partial charge is 0.256 e. The van der Waals surface area contributed by atoms with Gasteiger partial charge in [-0.05, 0) is 52.6 Å². The minimum atomic E-state index is -0.344. The van der Waals surface area contributed by atoms with Crippen molar-refractivity contribution in [1.29, 1.82) is 5.26 Å². The number of rotatable bonds is 4. The predicted molar refractivity (Wildman–Crippen MR) is 125 cm³/mol. The first-order valence-electron chi connectivity index (χ1n) is 10.4. The molecule has 0 aliphatic carbocycles. The quantitative estimate of drug-likeness (QED) is 0.375. The van der Waals surface area contributed by atoms with Gasteiger partial charge in [-0.1, -0.05) is 30.3 Å². The molecule has 0 saturated carbocycles. The van der Waals surface area contributed by atoms with Crippen LogP contribution < -0.4 is 5.73 Å². The Hall–Kier alpha value is -4.44. The number of halogens is 1. The van der Waals surface area contributed by atoms with Crippen molar-refractivity contribution in [2.24, 2.45) is 7.05 Å². The summed E-state index contributed by atoms with van der Waals surface area (Å²) in [5.74, 6) is -0.547. The normalized spacial score (nSPS) is 13.4. The summed E-state index contributed by atoms with van der Waals surface area (Å²) in [6.45, 7) is 0.488. The van der Waals surface area contributed by atoms with Crippen LogP contribution in [0.3, 0.4) is 0 Å². The average molecular weight is 437 g/mol. The van der Waals surface area contributed by atoms with Gasteiger partial charge in [-0.15, -0.1) is 0 Å². The summed E-state index contributed by atoms with van der Waals surface area (Å²) in [4.78, 5) is 14.8. The van der Waals surface area contributed by atoms with Gasteiger partial charge in [0.25, 0.3) is 5.91 Å². The maximum Gasteiger partial charge on any atom is 0.256 e. The molecule has 0 saturated heterocycles. The van der Waals surface area contributed by atoms with E-state index in [0.717, 1.165) is 27.6 Å². The molecule has 3 aromatic carbocycles. The maximum atomic E-state index is 13.2. The molecule has 162 valence electrons. The number of nitrogen functional groups attached to an aromatic ring is 1. The predicted octanol–water partition coefficient (Wildman–Crippen LogP) is 4.52. The van der Waals surface area contributed by atoms with Crippen LogP contribution in [0.4, 0.5) is 10.1 Å². The lowest BCUT2D eigenvalue weighted by Gasteiger charge is -2.15. The summed E-state index contributed by atoms with van der Waals surface area (Å²) in [6, 6.07) is 17.8. The Bertz CT molecular complexity index is 1480. The third-order valence-electron chi connectivity index (χ3n) is 5.97. The summed E-state index contributed by atoms with van der Waals surface area (Å²) < 4.78 is 15.0. The van der Waals surface area contributed by atoms with Crippen molar-refractivity contribution < 1.29 is 9.18 Å². The highest BCUT2D eigenvalue weighted by atomic mass is 19.1. The molecule has 5 rings (SSSR count). The van der Waals surface area contributed by atoms with Crippen LogP contribution in [0.2, 0.25) is 0 Å². The molecule has 0 atom stereocenters. The molecular weight excluding hydrogens is 417 g/mol. The molecule has 7 heteroatoms. The molecule has 1 aromatic heterocycles. The number of aromatic nitrogens is 2. The SMILES string of the molecule is Cn1ncc2ccc(-c3ccc(N)c4c3CN(C/C(C#N)=C/c3ccc(F)cc3)C4=O)cc21. The molecule has 0 fully saturated rings. The molecule has 4 aromatic rings. The zero-order valence-electron chi connectivity index (χ0n) is 17.9. The Labute approximate surface area is 190 Å². The fourth-order valence-corrected chi connectivity index (χ4v) is 4.29. The molecule has 2 N–H and O–H groups in total. The van der Waals surface area contributed by atoms with Crippen LogP contribution in [0.5, 0.6) is 0 Å². The number of nitrogens with zero attached hydrogens (tertiary/aromatic N) is 4. The minimum Gasteiger partial charge on any atom is -0.398 e. The van der Waals surface area contributed by atoms with Crippen LogP contribution in [-0.4, -0.2) is 27.1 Å². The summed E-state index contributed by atoms with van der Waals surface area (Å²) in [6.07, 6.45) is 3.48. The van der Waals surface area contributed by atoms with Gasteiger partial charge in [0, 0.05) is 30.2 Å². The number of fused-ring (bicyclic) bond motifs is 2. The van der Waals surface area contributed by atoms with Crippen molar-refractivity contribution in [1.82, 2.24) is 14.7 Å². The second-order valence-corrected chi connectivity index (χ2v) is 8.09. The molecule has 0 spiro atoms. The number of hydrogen-bond acceptors (Lipinski definition) is 4. The summed E-state index contributed by atoms with van der Waals surface area (Å²) in [7, 11) is 1.89. The van der Waals surface area contributed by atoms with Gasteiger partial charge < -0.3 is 10.6 Å². The number of anilines is 1. The summed E-state index contributed by atoms with van der Waals surface area (Å²) in [5.41, 5.74) is 11.9. The van der Waals surface area contributed by atoms with Crippen molar-refractivity contribution in [3.8, 4) is 17.2 Å². The number of benzene rings is 3. The van der Waals surface area contributed by atoms with E-state index in [4.69, 9.17) is 5.73 Å². The molecule has 2 heterocycles. The molecule has 0 radical (unpaired) electrons. The Morgan fingerprint density at radius 2 is 2.00 bits per heavy atom. The topological polar surface area (TPSA) is 87.9 Å². The largest absolute Gasteiger partial charge is 0.398 e. The Morgan fingerprint density at radius 1 is 1.21 bits per heavy atom. The Balaban J connectivity index is 1.49. The van der Waals surface area contributed by atoms with Gasteiger partial charge in [-0.2, -0.15) is 10.4 Å². The Kier molecular flexibility index (Phi) is 4.91. The van der Waals surface area contributed by atoms with E-state index in [9.17, 15) is 14.4 Å². The molecule has 1 aliphatic heterocycles. The number of carbonyl (C=O) groups excluding carboxylic acids is 1. The van der Waals surface area contributed by atoms with E-state index < -0.39 is 0 Å². The highest BCUT2D eigenvalue weighted by molar-refractivity contribution is 6.05. The molecule has 33 heavy (non-hydrogen) atoms. The van der Waals surface area contributed by atoms with Crippen molar-refractivity contribution in [3.05, 3.63) is 88.9 Å². The van der Waals surface area contributed by atoms with Gasteiger partial charge in [0.2, 0.25) is 0 Å². The lowest BCUT2D eigenvalue weighted by atomic mass is 9.95. The van der Waals surface area contributed by atoms with Gasteiger partial charge in [0.15, 0.2) is 0 Å². The van der Waals surface area contributed by atoms with E-state index in [1.54, 1.807) is 29.2 Å². The van der Waals surface area contributed by atoms with E-state index in [-0.39, 0.29) is 18.3 Å². The molecule has 0 bridgehead atoms. The van der Waals surface area contributed by atoms with Crippen LogP contribution in [-0.2, 0) is 13.6 Å². The van der Waals surface area contributed by atoms with E-state index in [0.29, 0.717) is 28.9 Å². The van der Waals surface area contributed by atoms with E-state index in [1.165, 1.54) is 12.1 Å². The van der Waals surface area contributed by atoms with Gasteiger partial charge in [-0.3, -0.25) is 9.48 Å². The van der Waals surface area contributed by atoms with Gasteiger partial charge in [-0.25, -0.2) is 4.39 Å². The lowest BCUT2D eigenvalue weighted by molar-refractivity contribution is 0.0795. The number of amides is 1. The standard InChI is InChI=1S/C26H20FN5O/c1-31-24-11-18(4-5-19(24)13-30-31)21-8-9-23(29)25-22(21)15-32(26(25)33)14-17(12-28)10-16-2-6-20(27)7-3-16/h2-11,13H,14-15,29H2,1H3/b17-10+. The number of hydrogen-bond donors (Lipinski definition) is 1. The second-order valence-electron chi connectivity index (χ2n) is 8.09. The average Bonchev–Trinajstić information content (AvgIpc) is 3.35. The number of carbonyl (C=O) groups is 1. The van der Waals surface area contributed by atoms with Crippen molar-refractivity contribution >= 4 is 28.6 Å². The minimum absolute atomic E-state index is 0.140. The van der Waals surface area contributed by atoms with Crippen molar-refractivity contribution in [2.75, 3.05) is 12.3 Å².